The molecule has 0 fully saturated rings. The van der Waals surface area contributed by atoms with Crippen LogP contribution in [0.1, 0.15) is 27.2 Å². The Balaban J connectivity index is 1.51. The summed E-state index contributed by atoms with van der Waals surface area (Å²) in [7, 11) is 0. The number of hydrogen-bond acceptors (Lipinski definition) is 3. The van der Waals surface area contributed by atoms with Crippen molar-refractivity contribution in [2.45, 2.75) is 6.42 Å². The summed E-state index contributed by atoms with van der Waals surface area (Å²) >= 11 is 3.36. The van der Waals surface area contributed by atoms with Crippen LogP contribution in [-0.4, -0.2) is 22.3 Å². The molecule has 2 aromatic carbocycles. The van der Waals surface area contributed by atoms with Crippen LogP contribution in [-0.2, 0) is 6.42 Å². The van der Waals surface area contributed by atoms with Gasteiger partial charge in [0.2, 0.25) is 0 Å². The Kier molecular flexibility index (Phi) is 3.93. The fourth-order valence-electron chi connectivity index (χ4n) is 2.85. The second-order valence-electron chi connectivity index (χ2n) is 5.65. The fourth-order valence-corrected chi connectivity index (χ4v) is 3.11. The van der Waals surface area contributed by atoms with Gasteiger partial charge in [-0.1, -0.05) is 28.1 Å². The van der Waals surface area contributed by atoms with Crippen LogP contribution < -0.4 is 5.43 Å². The van der Waals surface area contributed by atoms with Gasteiger partial charge in [-0.25, -0.2) is 9.82 Å². The van der Waals surface area contributed by atoms with Gasteiger partial charge < -0.3 is 0 Å². The molecule has 0 atom stereocenters. The molecule has 1 heterocycles. The summed E-state index contributed by atoms with van der Waals surface area (Å²) in [5.74, 6) is -0.673. The zero-order valence-electron chi connectivity index (χ0n) is 12.9. The van der Waals surface area contributed by atoms with Gasteiger partial charge in [0.25, 0.3) is 5.91 Å². The number of hydrogen-bond donors (Lipinski definition) is 2. The minimum Gasteiger partial charge on any atom is -0.272 e. The molecule has 2 N–H and O–H groups in total. The van der Waals surface area contributed by atoms with Gasteiger partial charge in [-0.05, 0) is 41.5 Å². The van der Waals surface area contributed by atoms with E-state index in [1.54, 1.807) is 12.3 Å². The lowest BCUT2D eigenvalue weighted by atomic mass is 10.1. The second kappa shape index (κ2) is 6.25. The molecule has 7 heteroatoms. The summed E-state index contributed by atoms with van der Waals surface area (Å²) in [5.41, 5.74) is 6.84. The van der Waals surface area contributed by atoms with Crippen molar-refractivity contribution >= 4 is 28.1 Å². The molecular weight excluding hydrogens is 387 g/mol. The van der Waals surface area contributed by atoms with E-state index in [1.165, 1.54) is 12.1 Å². The minimum absolute atomic E-state index is 0.294. The largest absolute Gasteiger partial charge is 0.289 e. The summed E-state index contributed by atoms with van der Waals surface area (Å²) in [4.78, 5) is 12.4. The van der Waals surface area contributed by atoms with E-state index in [0.29, 0.717) is 17.8 Å². The third-order valence-corrected chi connectivity index (χ3v) is 4.56. The summed E-state index contributed by atoms with van der Waals surface area (Å²) in [6.07, 6.45) is 2.03. The molecular formula is C18H12BrFN4O. The van der Waals surface area contributed by atoms with Crippen LogP contribution in [0.3, 0.4) is 0 Å². The first kappa shape index (κ1) is 15.7. The van der Waals surface area contributed by atoms with E-state index < -0.39 is 0 Å². The first-order valence-electron chi connectivity index (χ1n) is 7.57. The normalized spacial score (nSPS) is 12.2. The highest BCUT2D eigenvalue weighted by Gasteiger charge is 2.27. The number of carbonyl (C=O) groups excluding carboxylic acids is 1. The molecule has 1 aliphatic carbocycles. The van der Waals surface area contributed by atoms with Gasteiger partial charge in [-0.3, -0.25) is 9.89 Å². The molecule has 1 aromatic heterocycles. The maximum absolute atomic E-state index is 13.4. The molecule has 1 amide bonds. The van der Waals surface area contributed by atoms with Crippen molar-refractivity contribution < 1.29 is 9.18 Å². The smallest absolute Gasteiger partial charge is 0.272 e. The molecule has 25 heavy (non-hydrogen) atoms. The summed E-state index contributed by atoms with van der Waals surface area (Å²) in [5, 5.41) is 10.9. The van der Waals surface area contributed by atoms with Crippen molar-refractivity contribution in [2.75, 3.05) is 0 Å². The van der Waals surface area contributed by atoms with Gasteiger partial charge in [0.05, 0.1) is 11.9 Å². The molecule has 0 spiro atoms. The third-order valence-electron chi connectivity index (χ3n) is 4.03. The Labute approximate surface area is 151 Å². The molecule has 4 rings (SSSR count). The van der Waals surface area contributed by atoms with Gasteiger partial charge in [0.1, 0.15) is 11.5 Å². The Bertz CT molecular complexity index is 995. The van der Waals surface area contributed by atoms with Crippen LogP contribution in [0.2, 0.25) is 0 Å². The Morgan fingerprint density at radius 3 is 2.88 bits per heavy atom. The van der Waals surface area contributed by atoms with Crippen molar-refractivity contribution in [1.82, 2.24) is 15.6 Å². The molecule has 0 saturated carbocycles. The van der Waals surface area contributed by atoms with Gasteiger partial charge in [0.15, 0.2) is 0 Å². The maximum atomic E-state index is 13.4. The number of benzene rings is 2. The first-order valence-corrected chi connectivity index (χ1v) is 8.36. The van der Waals surface area contributed by atoms with E-state index in [-0.39, 0.29) is 11.7 Å². The van der Waals surface area contributed by atoms with Crippen molar-refractivity contribution in [1.29, 1.82) is 0 Å². The van der Waals surface area contributed by atoms with Crippen LogP contribution >= 0.6 is 15.9 Å². The van der Waals surface area contributed by atoms with Gasteiger partial charge >= 0.3 is 0 Å². The number of nitrogens with zero attached hydrogens (tertiary/aromatic N) is 2. The van der Waals surface area contributed by atoms with Gasteiger partial charge in [-0.2, -0.15) is 10.2 Å². The van der Waals surface area contributed by atoms with Crippen LogP contribution in [0, 0.1) is 5.82 Å². The zero-order chi connectivity index (χ0) is 17.4. The van der Waals surface area contributed by atoms with E-state index in [9.17, 15) is 9.18 Å². The van der Waals surface area contributed by atoms with Crippen LogP contribution in [0.5, 0.6) is 0 Å². The van der Waals surface area contributed by atoms with E-state index in [2.05, 4.69) is 36.7 Å². The quantitative estimate of drug-likeness (QED) is 0.408. The standard InChI is InChI=1S/C18H12BrFN4O/c19-12-3-1-10(2-4-12)9-21-24-18(25)17-15-8-11-7-13(20)5-6-14(11)16(15)22-23-17/h1-7,9H,8H2,(H,22,23)(H,24,25)/b21-9+. The van der Waals surface area contributed by atoms with Gasteiger partial charge in [0, 0.05) is 22.0 Å². The number of aromatic amines is 1. The summed E-state index contributed by atoms with van der Waals surface area (Å²) in [6, 6.07) is 12.1. The second-order valence-corrected chi connectivity index (χ2v) is 6.57. The number of nitrogens with one attached hydrogen (secondary N) is 2. The predicted octanol–water partition coefficient (Wildman–Crippen LogP) is 3.65. The fraction of sp³-hybridized carbons (Fsp3) is 0.0556. The predicted molar refractivity (Wildman–Crippen MR) is 96.0 cm³/mol. The molecule has 3 aromatic rings. The monoisotopic (exact) mass is 398 g/mol. The molecule has 0 saturated heterocycles. The Morgan fingerprint density at radius 1 is 1.28 bits per heavy atom. The van der Waals surface area contributed by atoms with Crippen LogP contribution in [0.4, 0.5) is 4.39 Å². The van der Waals surface area contributed by atoms with E-state index >= 15 is 0 Å². The molecule has 1 aliphatic rings. The Morgan fingerprint density at radius 2 is 2.08 bits per heavy atom. The SMILES string of the molecule is O=C(N/N=C/c1ccc(Br)cc1)c1[nH]nc2c1Cc1cc(F)ccc1-2. The van der Waals surface area contributed by atoms with Crippen LogP contribution in [0.15, 0.2) is 52.0 Å². The van der Waals surface area contributed by atoms with Crippen molar-refractivity contribution in [3.63, 3.8) is 0 Å². The number of halogens is 2. The first-order chi connectivity index (χ1) is 12.1. The minimum atomic E-state index is -0.379. The number of aromatic nitrogens is 2. The number of fused-ring (bicyclic) bond motifs is 3. The lowest BCUT2D eigenvalue weighted by Crippen LogP contribution is -2.19. The average Bonchev–Trinajstić information content (AvgIpc) is 3.15. The molecule has 0 bridgehead atoms. The molecule has 0 radical (unpaired) electrons. The zero-order valence-corrected chi connectivity index (χ0v) is 14.5. The number of rotatable bonds is 3. The lowest BCUT2D eigenvalue weighted by molar-refractivity contribution is 0.0949. The topological polar surface area (TPSA) is 70.1 Å². The third kappa shape index (κ3) is 2.98. The van der Waals surface area contributed by atoms with E-state index in [4.69, 9.17) is 0 Å². The number of amides is 1. The van der Waals surface area contributed by atoms with Crippen molar-refractivity contribution in [3.05, 3.63) is 75.1 Å². The highest BCUT2D eigenvalue weighted by atomic mass is 79.9. The number of hydrazone groups is 1. The summed E-state index contributed by atoms with van der Waals surface area (Å²) in [6.45, 7) is 0. The van der Waals surface area contributed by atoms with E-state index in [0.717, 1.165) is 26.7 Å². The molecule has 0 aliphatic heterocycles. The number of H-pyrrole nitrogens is 1. The maximum Gasteiger partial charge on any atom is 0.289 e. The average molecular weight is 399 g/mol. The van der Waals surface area contributed by atoms with Crippen molar-refractivity contribution in [3.8, 4) is 11.3 Å². The molecule has 5 nitrogen and oxygen atoms in total. The van der Waals surface area contributed by atoms with Crippen LogP contribution in [0.25, 0.3) is 11.3 Å². The number of carbonyl (C=O) groups is 1. The van der Waals surface area contributed by atoms with Gasteiger partial charge in [-0.15, -0.1) is 0 Å². The Hall–Kier alpha value is -2.80. The summed E-state index contributed by atoms with van der Waals surface area (Å²) < 4.78 is 14.3. The van der Waals surface area contributed by atoms with E-state index in [1.807, 2.05) is 24.3 Å². The molecule has 124 valence electrons. The molecule has 0 unspecified atom stereocenters. The highest BCUT2D eigenvalue weighted by Crippen LogP contribution is 2.36. The highest BCUT2D eigenvalue weighted by molar-refractivity contribution is 9.10. The van der Waals surface area contributed by atoms with Crippen molar-refractivity contribution in [2.24, 2.45) is 5.10 Å². The lowest BCUT2D eigenvalue weighted by Gasteiger charge is -2.00.